The number of amides is 1. The van der Waals surface area contributed by atoms with Gasteiger partial charge >= 0.3 is 0 Å². The lowest BCUT2D eigenvalue weighted by Gasteiger charge is -2.34. The molecule has 4 atom stereocenters. The fourth-order valence-electron chi connectivity index (χ4n) is 4.27. The van der Waals surface area contributed by atoms with Crippen LogP contribution in [-0.2, 0) is 9.53 Å². The summed E-state index contributed by atoms with van der Waals surface area (Å²) in [5.74, 6) is 1.30. The largest absolute Gasteiger partial charge is 0.353 e. The van der Waals surface area contributed by atoms with E-state index >= 15 is 0 Å². The second kappa shape index (κ2) is 4.09. The molecule has 3 nitrogen and oxygen atoms in total. The molecule has 3 aliphatic rings. The summed E-state index contributed by atoms with van der Waals surface area (Å²) in [6, 6.07) is 0.271. The molecule has 3 fully saturated rings. The molecule has 0 unspecified atom stereocenters. The van der Waals surface area contributed by atoms with Crippen LogP contribution < -0.4 is 0 Å². The average molecular weight is 249 g/mol. The van der Waals surface area contributed by atoms with Crippen molar-refractivity contribution >= 4 is 5.91 Å². The molecular weight excluding hydrogens is 226 g/mol. The number of allylic oxidation sites excluding steroid dienone is 1. The molecule has 1 aliphatic carbocycles. The van der Waals surface area contributed by atoms with Crippen molar-refractivity contribution in [1.29, 1.82) is 0 Å². The first-order valence-corrected chi connectivity index (χ1v) is 7.20. The Balaban J connectivity index is 1.97. The zero-order valence-corrected chi connectivity index (χ0v) is 11.4. The predicted molar refractivity (Wildman–Crippen MR) is 69.8 cm³/mol. The molecule has 0 radical (unpaired) electrons. The topological polar surface area (TPSA) is 29.5 Å². The van der Waals surface area contributed by atoms with Crippen molar-refractivity contribution in [2.75, 3.05) is 6.61 Å². The summed E-state index contributed by atoms with van der Waals surface area (Å²) in [6.45, 7) is 8.90. The Labute approximate surface area is 109 Å². The highest BCUT2D eigenvalue weighted by molar-refractivity contribution is 5.84. The molecule has 2 heterocycles. The van der Waals surface area contributed by atoms with Gasteiger partial charge in [-0.25, -0.2) is 0 Å². The molecule has 0 N–H and O–H groups in total. The van der Waals surface area contributed by atoms with Crippen molar-refractivity contribution in [3.05, 3.63) is 12.7 Å². The Morgan fingerprint density at radius 1 is 1.61 bits per heavy atom. The van der Waals surface area contributed by atoms with Crippen LogP contribution in [0.3, 0.4) is 0 Å². The Morgan fingerprint density at radius 3 is 3.06 bits per heavy atom. The highest BCUT2D eigenvalue weighted by atomic mass is 16.5. The van der Waals surface area contributed by atoms with Gasteiger partial charge in [-0.2, -0.15) is 0 Å². The van der Waals surface area contributed by atoms with E-state index in [4.69, 9.17) is 4.74 Å². The number of hydrogen-bond acceptors (Lipinski definition) is 2. The third kappa shape index (κ3) is 1.37. The van der Waals surface area contributed by atoms with Crippen LogP contribution in [0.5, 0.6) is 0 Å². The zero-order valence-electron chi connectivity index (χ0n) is 11.4. The molecule has 100 valence electrons. The first-order chi connectivity index (χ1) is 8.62. The van der Waals surface area contributed by atoms with Gasteiger partial charge in [-0.15, -0.1) is 6.58 Å². The number of carbonyl (C=O) groups is 1. The Kier molecular flexibility index (Phi) is 2.77. The van der Waals surface area contributed by atoms with Gasteiger partial charge in [-0.05, 0) is 31.6 Å². The fourth-order valence-corrected chi connectivity index (χ4v) is 4.27. The molecule has 0 aromatic carbocycles. The maximum absolute atomic E-state index is 12.7. The van der Waals surface area contributed by atoms with Crippen LogP contribution in [-0.4, -0.2) is 29.2 Å². The van der Waals surface area contributed by atoms with Gasteiger partial charge in [0.2, 0.25) is 5.91 Å². The minimum absolute atomic E-state index is 0.117. The number of carbonyl (C=O) groups excluding carboxylic acids is 1. The van der Waals surface area contributed by atoms with Crippen molar-refractivity contribution in [2.24, 2.45) is 17.8 Å². The van der Waals surface area contributed by atoms with Crippen molar-refractivity contribution in [1.82, 2.24) is 4.90 Å². The molecule has 1 amide bonds. The van der Waals surface area contributed by atoms with E-state index in [1.54, 1.807) is 0 Å². The van der Waals surface area contributed by atoms with E-state index in [2.05, 4.69) is 25.3 Å². The highest BCUT2D eigenvalue weighted by Gasteiger charge is 2.65. The van der Waals surface area contributed by atoms with Crippen LogP contribution in [0.15, 0.2) is 12.7 Å². The van der Waals surface area contributed by atoms with Gasteiger partial charge in [0, 0.05) is 11.8 Å². The zero-order chi connectivity index (χ0) is 12.9. The monoisotopic (exact) mass is 249 g/mol. The Bertz CT molecular complexity index is 379. The van der Waals surface area contributed by atoms with Gasteiger partial charge in [0.25, 0.3) is 0 Å². The maximum atomic E-state index is 12.7. The molecule has 2 saturated heterocycles. The van der Waals surface area contributed by atoms with Crippen LogP contribution in [0, 0.1) is 17.8 Å². The summed E-state index contributed by atoms with van der Waals surface area (Å²) in [5, 5.41) is 0. The van der Waals surface area contributed by atoms with Gasteiger partial charge in [0.1, 0.15) is 5.72 Å². The van der Waals surface area contributed by atoms with Gasteiger partial charge in [-0.1, -0.05) is 19.9 Å². The Hall–Kier alpha value is -0.830. The lowest BCUT2D eigenvalue weighted by molar-refractivity contribution is -0.141. The van der Waals surface area contributed by atoms with E-state index in [0.717, 1.165) is 25.9 Å². The second-order valence-corrected chi connectivity index (χ2v) is 6.31. The summed E-state index contributed by atoms with van der Waals surface area (Å²) in [5.41, 5.74) is -0.250. The molecule has 2 aliphatic heterocycles. The molecular formula is C15H23NO2. The quantitative estimate of drug-likeness (QED) is 0.719. The minimum Gasteiger partial charge on any atom is -0.353 e. The van der Waals surface area contributed by atoms with Crippen LogP contribution in [0.4, 0.5) is 0 Å². The second-order valence-electron chi connectivity index (χ2n) is 6.31. The van der Waals surface area contributed by atoms with E-state index in [1.165, 1.54) is 6.42 Å². The number of hydrogen-bond donors (Lipinski definition) is 0. The normalized spacial score (nSPS) is 42.5. The summed E-state index contributed by atoms with van der Waals surface area (Å²) >= 11 is 0. The van der Waals surface area contributed by atoms with E-state index < -0.39 is 0 Å². The minimum atomic E-state index is -0.250. The number of ether oxygens (including phenoxy) is 1. The van der Waals surface area contributed by atoms with Crippen LogP contribution in [0.2, 0.25) is 0 Å². The van der Waals surface area contributed by atoms with Gasteiger partial charge in [0.15, 0.2) is 0 Å². The molecule has 0 aromatic heterocycles. The van der Waals surface area contributed by atoms with E-state index in [0.29, 0.717) is 17.7 Å². The van der Waals surface area contributed by atoms with E-state index in [9.17, 15) is 4.79 Å². The van der Waals surface area contributed by atoms with Gasteiger partial charge in [0.05, 0.1) is 12.6 Å². The van der Waals surface area contributed by atoms with Crippen molar-refractivity contribution in [2.45, 2.75) is 51.3 Å². The SMILES string of the molecule is C=CC[C@@H]1C(=O)N2[C@@H](C(C)C)CO[C@@]23CCC[C@@H]13. The molecule has 1 spiro atoms. The van der Waals surface area contributed by atoms with Crippen LogP contribution in [0.1, 0.15) is 39.5 Å². The summed E-state index contributed by atoms with van der Waals surface area (Å²) in [4.78, 5) is 14.8. The molecule has 0 bridgehead atoms. The van der Waals surface area contributed by atoms with E-state index in [-0.39, 0.29) is 17.7 Å². The standard InChI is InChI=1S/C15H23NO2/c1-4-6-11-12-7-5-8-15(12)16(14(11)17)13(9-18-15)10(2)3/h4,10-13H,1,5-9H2,2-3H3/t11-,12-,13+,15+/m0/s1. The Morgan fingerprint density at radius 2 is 2.39 bits per heavy atom. The summed E-state index contributed by atoms with van der Waals surface area (Å²) in [6.07, 6.45) is 6.04. The van der Waals surface area contributed by atoms with Crippen molar-refractivity contribution < 1.29 is 9.53 Å². The molecule has 18 heavy (non-hydrogen) atoms. The lowest BCUT2D eigenvalue weighted by Crippen LogP contribution is -2.47. The van der Waals surface area contributed by atoms with Gasteiger partial charge < -0.3 is 9.64 Å². The number of rotatable bonds is 3. The predicted octanol–water partition coefficient (Wildman–Crippen LogP) is 2.57. The first-order valence-electron chi connectivity index (χ1n) is 7.20. The summed E-state index contributed by atoms with van der Waals surface area (Å²) in [7, 11) is 0. The lowest BCUT2D eigenvalue weighted by atomic mass is 9.87. The van der Waals surface area contributed by atoms with E-state index in [1.807, 2.05) is 6.08 Å². The van der Waals surface area contributed by atoms with Crippen LogP contribution >= 0.6 is 0 Å². The first kappa shape index (κ1) is 12.2. The van der Waals surface area contributed by atoms with Crippen molar-refractivity contribution in [3.8, 4) is 0 Å². The molecule has 3 heteroatoms. The third-order valence-electron chi connectivity index (χ3n) is 5.10. The number of nitrogens with zero attached hydrogens (tertiary/aromatic N) is 1. The molecule has 0 aromatic rings. The maximum Gasteiger partial charge on any atom is 0.229 e. The summed E-state index contributed by atoms with van der Waals surface area (Å²) < 4.78 is 6.18. The van der Waals surface area contributed by atoms with Gasteiger partial charge in [-0.3, -0.25) is 4.79 Å². The fraction of sp³-hybridized carbons (Fsp3) is 0.800. The molecule has 3 rings (SSSR count). The van der Waals surface area contributed by atoms with Crippen LogP contribution in [0.25, 0.3) is 0 Å². The average Bonchev–Trinajstić information content (AvgIpc) is 2.95. The molecule has 1 saturated carbocycles. The smallest absolute Gasteiger partial charge is 0.229 e. The van der Waals surface area contributed by atoms with Crippen molar-refractivity contribution in [3.63, 3.8) is 0 Å². The third-order valence-corrected chi connectivity index (χ3v) is 5.10. The highest BCUT2D eigenvalue weighted by Crippen LogP contribution is 2.56.